The summed E-state index contributed by atoms with van der Waals surface area (Å²) >= 11 is 0.670. The molecule has 0 radical (unpaired) electrons. The van der Waals surface area contributed by atoms with Gasteiger partial charge < -0.3 is 13.9 Å². The summed E-state index contributed by atoms with van der Waals surface area (Å²) in [7, 11) is 0. The average molecular weight is 514 g/mol. The maximum atomic E-state index is 13.7. The Hall–Kier alpha value is -2.64. The highest BCUT2D eigenvalue weighted by Crippen LogP contribution is 2.46. The summed E-state index contributed by atoms with van der Waals surface area (Å²) in [6.45, 7) is 4.66. The summed E-state index contributed by atoms with van der Waals surface area (Å²) < 4.78 is 45.4. The zero-order valence-corrected chi connectivity index (χ0v) is 21.6. The van der Waals surface area contributed by atoms with Crippen LogP contribution in [-0.2, 0) is 16.1 Å². The highest BCUT2D eigenvalue weighted by atomic mass is 32.2. The van der Waals surface area contributed by atoms with E-state index in [1.165, 1.54) is 43.5 Å². The van der Waals surface area contributed by atoms with Crippen molar-refractivity contribution >= 4 is 18.0 Å². The molecule has 192 valence electrons. The summed E-state index contributed by atoms with van der Waals surface area (Å²) in [5.74, 6) is -0.778. The first-order valence-corrected chi connectivity index (χ1v) is 13.5. The number of ether oxygens (including phenoxy) is 1. The van der Waals surface area contributed by atoms with Crippen molar-refractivity contribution in [3.8, 4) is 22.4 Å². The first-order chi connectivity index (χ1) is 17.4. The lowest BCUT2D eigenvalue weighted by atomic mass is 10.00. The fraction of sp³-hybridized carbons (Fsp3) is 0.414. The zero-order valence-electron chi connectivity index (χ0n) is 20.8. The SMILES string of the molecule is C1CC1.CC(C)c1c(SO)c(-c2ccc(F)cc2)c(-c2ccc(F)cc2)n1CCC1CCCC(=O)O1. The fourth-order valence-corrected chi connectivity index (χ4v) is 5.30. The number of benzene rings is 2. The molecular formula is C29H33F2NO3S. The van der Waals surface area contributed by atoms with E-state index in [1.807, 2.05) is 0 Å². The van der Waals surface area contributed by atoms with Crippen LogP contribution in [0.1, 0.15) is 70.4 Å². The molecule has 36 heavy (non-hydrogen) atoms. The van der Waals surface area contributed by atoms with Gasteiger partial charge >= 0.3 is 5.97 Å². The van der Waals surface area contributed by atoms with Gasteiger partial charge in [0.05, 0.1) is 10.6 Å². The number of carbonyl (C=O) groups is 1. The molecule has 1 N–H and O–H groups in total. The topological polar surface area (TPSA) is 51.5 Å². The third kappa shape index (κ3) is 6.37. The molecule has 0 amide bonds. The molecule has 5 rings (SSSR count). The molecule has 1 aliphatic heterocycles. The summed E-state index contributed by atoms with van der Waals surface area (Å²) in [6, 6.07) is 12.4. The van der Waals surface area contributed by atoms with Crippen LogP contribution < -0.4 is 0 Å². The molecule has 1 saturated heterocycles. The summed E-state index contributed by atoms with van der Waals surface area (Å²) in [5.41, 5.74) is 4.08. The van der Waals surface area contributed by atoms with Crippen LogP contribution in [0.4, 0.5) is 8.78 Å². The lowest BCUT2D eigenvalue weighted by Gasteiger charge is -2.24. The highest BCUT2D eigenvalue weighted by Gasteiger charge is 2.28. The van der Waals surface area contributed by atoms with Crippen molar-refractivity contribution in [1.29, 1.82) is 0 Å². The lowest BCUT2D eigenvalue weighted by Crippen LogP contribution is -2.25. The molecule has 1 aromatic heterocycles. The van der Waals surface area contributed by atoms with Gasteiger partial charge in [-0.25, -0.2) is 8.78 Å². The minimum atomic E-state index is -0.345. The van der Waals surface area contributed by atoms with Crippen LogP contribution >= 0.6 is 12.0 Å². The van der Waals surface area contributed by atoms with Crippen LogP contribution in [-0.4, -0.2) is 21.2 Å². The monoisotopic (exact) mass is 513 g/mol. The van der Waals surface area contributed by atoms with Crippen LogP contribution in [0.25, 0.3) is 22.4 Å². The van der Waals surface area contributed by atoms with Crippen LogP contribution in [0.2, 0.25) is 0 Å². The molecule has 4 nitrogen and oxygen atoms in total. The molecule has 1 unspecified atom stereocenters. The second kappa shape index (κ2) is 12.1. The predicted molar refractivity (Wildman–Crippen MR) is 140 cm³/mol. The number of cyclic esters (lactones) is 1. The van der Waals surface area contributed by atoms with Gasteiger partial charge in [0.15, 0.2) is 0 Å². The van der Waals surface area contributed by atoms with Gasteiger partial charge in [-0.1, -0.05) is 45.2 Å². The Bertz CT molecular complexity index is 1170. The Morgan fingerprint density at radius 3 is 2.06 bits per heavy atom. The molecule has 0 spiro atoms. The zero-order chi connectivity index (χ0) is 25.7. The maximum Gasteiger partial charge on any atom is 0.306 e. The van der Waals surface area contributed by atoms with Crippen molar-refractivity contribution in [2.75, 3.05) is 0 Å². The minimum Gasteiger partial charge on any atom is -0.462 e. The third-order valence-corrected chi connectivity index (χ3v) is 6.98. The molecule has 7 heteroatoms. The van der Waals surface area contributed by atoms with E-state index in [2.05, 4.69) is 18.4 Å². The van der Waals surface area contributed by atoms with Crippen LogP contribution in [0.15, 0.2) is 53.4 Å². The Labute approximate surface area is 215 Å². The number of hydrogen-bond acceptors (Lipinski definition) is 4. The number of halogens is 2. The predicted octanol–water partition coefficient (Wildman–Crippen LogP) is 8.44. The van der Waals surface area contributed by atoms with E-state index in [0.717, 1.165) is 40.9 Å². The van der Waals surface area contributed by atoms with Gasteiger partial charge in [0, 0.05) is 42.7 Å². The Kier molecular flexibility index (Phi) is 8.86. The van der Waals surface area contributed by atoms with Crippen molar-refractivity contribution < 1.29 is 22.9 Å². The van der Waals surface area contributed by atoms with Gasteiger partial charge in [-0.15, -0.1) is 0 Å². The molecular weight excluding hydrogens is 480 g/mol. The van der Waals surface area contributed by atoms with E-state index in [1.54, 1.807) is 24.3 Å². The van der Waals surface area contributed by atoms with Gasteiger partial charge in [-0.05, 0) is 66.3 Å². The fourth-order valence-electron chi connectivity index (χ4n) is 4.56. The number of nitrogens with zero attached hydrogens (tertiary/aromatic N) is 1. The van der Waals surface area contributed by atoms with Gasteiger partial charge in [-0.2, -0.15) is 0 Å². The van der Waals surface area contributed by atoms with Crippen LogP contribution in [0.3, 0.4) is 0 Å². The summed E-state index contributed by atoms with van der Waals surface area (Å²) in [4.78, 5) is 12.5. The molecule has 2 aromatic carbocycles. The number of esters is 1. The van der Waals surface area contributed by atoms with Crippen molar-refractivity contribution in [2.45, 2.75) is 82.3 Å². The number of carbonyl (C=O) groups excluding carboxylic acids is 1. The Morgan fingerprint density at radius 1 is 0.972 bits per heavy atom. The smallest absolute Gasteiger partial charge is 0.306 e. The maximum absolute atomic E-state index is 13.7. The Balaban J connectivity index is 0.000000943. The first kappa shape index (κ1) is 26.4. The van der Waals surface area contributed by atoms with E-state index in [4.69, 9.17) is 4.74 Å². The van der Waals surface area contributed by atoms with E-state index in [-0.39, 0.29) is 29.6 Å². The van der Waals surface area contributed by atoms with Gasteiger partial charge in [-0.3, -0.25) is 4.79 Å². The third-order valence-electron chi connectivity index (χ3n) is 6.38. The van der Waals surface area contributed by atoms with Crippen LogP contribution in [0, 0.1) is 11.6 Å². The standard InChI is InChI=1S/C26H27F2NO3S.C3H6/c1-16(2)24-26(33-31)23(17-6-10-19(27)11-7-17)25(18-8-12-20(28)13-9-18)29(24)15-14-21-4-3-5-22(30)32-21;1-2-3-1/h6-13,16,21,31H,3-5,14-15H2,1-2H3;1-3H2. The van der Waals surface area contributed by atoms with Crippen molar-refractivity contribution in [3.63, 3.8) is 0 Å². The quantitative estimate of drug-likeness (QED) is 0.254. The summed E-state index contributed by atoms with van der Waals surface area (Å²) in [6.07, 6.45) is 7.07. The molecule has 2 fully saturated rings. The van der Waals surface area contributed by atoms with Crippen molar-refractivity contribution in [3.05, 3.63) is 65.9 Å². The molecule has 1 saturated carbocycles. The molecule has 2 heterocycles. The molecule has 0 bridgehead atoms. The van der Waals surface area contributed by atoms with E-state index < -0.39 is 0 Å². The van der Waals surface area contributed by atoms with E-state index >= 15 is 0 Å². The van der Waals surface area contributed by atoms with Gasteiger partial charge in [0.2, 0.25) is 0 Å². The van der Waals surface area contributed by atoms with Gasteiger partial charge in [0.25, 0.3) is 0 Å². The number of hydrogen-bond donors (Lipinski definition) is 1. The lowest BCUT2D eigenvalue weighted by molar-refractivity contribution is -0.154. The molecule has 2 aliphatic rings. The average Bonchev–Trinajstić information content (AvgIpc) is 3.71. The molecule has 1 aliphatic carbocycles. The van der Waals surface area contributed by atoms with Crippen molar-refractivity contribution in [1.82, 2.24) is 4.57 Å². The molecule has 3 aromatic rings. The second-order valence-corrected chi connectivity index (χ2v) is 10.3. The number of aromatic nitrogens is 1. The summed E-state index contributed by atoms with van der Waals surface area (Å²) in [5, 5.41) is 0. The minimum absolute atomic E-state index is 0.0713. The molecule has 1 atom stereocenters. The second-order valence-electron chi connectivity index (χ2n) is 9.70. The number of rotatable bonds is 7. The Morgan fingerprint density at radius 2 is 1.56 bits per heavy atom. The normalized spacial score (nSPS) is 16.9. The van der Waals surface area contributed by atoms with E-state index in [9.17, 15) is 18.1 Å². The van der Waals surface area contributed by atoms with Crippen molar-refractivity contribution in [2.24, 2.45) is 0 Å². The largest absolute Gasteiger partial charge is 0.462 e. The van der Waals surface area contributed by atoms with Gasteiger partial charge in [0.1, 0.15) is 17.7 Å². The first-order valence-electron chi connectivity index (χ1n) is 12.7. The van der Waals surface area contributed by atoms with Crippen LogP contribution in [0.5, 0.6) is 0 Å². The van der Waals surface area contributed by atoms with E-state index in [0.29, 0.717) is 36.3 Å². The highest BCUT2D eigenvalue weighted by molar-refractivity contribution is 7.94.